The van der Waals surface area contributed by atoms with Crippen LogP contribution in [0.2, 0.25) is 0 Å². The minimum atomic E-state index is -1.07. The number of benzene rings is 2. The number of hydrogen-bond donors (Lipinski definition) is 1. The van der Waals surface area contributed by atoms with E-state index < -0.39 is 5.60 Å². The maximum atomic E-state index is 11.1. The van der Waals surface area contributed by atoms with Crippen molar-refractivity contribution in [2.75, 3.05) is 7.11 Å². The third-order valence-electron chi connectivity index (χ3n) is 4.07. The van der Waals surface area contributed by atoms with Crippen molar-refractivity contribution in [1.82, 2.24) is 0 Å². The minimum Gasteiger partial charge on any atom is -0.496 e. The number of rotatable bonds is 3. The maximum absolute atomic E-state index is 11.1. The monoisotopic (exact) mass is 270 g/mol. The van der Waals surface area contributed by atoms with Gasteiger partial charge >= 0.3 is 0 Å². The lowest BCUT2D eigenvalue weighted by molar-refractivity contribution is 0.0981. The van der Waals surface area contributed by atoms with Crippen molar-refractivity contribution in [2.24, 2.45) is 0 Å². The summed E-state index contributed by atoms with van der Waals surface area (Å²) >= 11 is 0. The molecule has 0 aliphatic rings. The summed E-state index contributed by atoms with van der Waals surface area (Å²) in [6, 6.07) is 11.9. The largest absolute Gasteiger partial charge is 0.496 e. The molecule has 0 fully saturated rings. The molecule has 1 atom stereocenters. The fourth-order valence-corrected chi connectivity index (χ4v) is 2.70. The van der Waals surface area contributed by atoms with Crippen LogP contribution in [0.15, 0.2) is 36.4 Å². The molecule has 2 aromatic carbocycles. The van der Waals surface area contributed by atoms with Gasteiger partial charge in [-0.25, -0.2) is 0 Å². The number of aliphatic hydroxyl groups is 1. The highest BCUT2D eigenvalue weighted by Gasteiger charge is 2.31. The van der Waals surface area contributed by atoms with Crippen LogP contribution in [0.25, 0.3) is 0 Å². The molecule has 0 heterocycles. The second-order valence-electron chi connectivity index (χ2n) is 5.48. The highest BCUT2D eigenvalue weighted by atomic mass is 16.5. The maximum Gasteiger partial charge on any atom is 0.128 e. The van der Waals surface area contributed by atoms with E-state index in [0.717, 1.165) is 33.6 Å². The van der Waals surface area contributed by atoms with Crippen molar-refractivity contribution < 1.29 is 9.84 Å². The molecule has 0 amide bonds. The van der Waals surface area contributed by atoms with Crippen LogP contribution < -0.4 is 4.74 Å². The summed E-state index contributed by atoms with van der Waals surface area (Å²) in [7, 11) is 1.65. The lowest BCUT2D eigenvalue weighted by atomic mass is 9.83. The SMILES string of the molecule is COc1c(C(C)(O)c2ccccc2C)ccc(C)c1C. The molecule has 0 aromatic heterocycles. The van der Waals surface area contributed by atoms with Gasteiger partial charge in [-0.1, -0.05) is 36.4 Å². The van der Waals surface area contributed by atoms with Gasteiger partial charge in [0.2, 0.25) is 0 Å². The Morgan fingerprint density at radius 1 is 0.900 bits per heavy atom. The molecule has 106 valence electrons. The average Bonchev–Trinajstić information content (AvgIpc) is 2.41. The summed E-state index contributed by atoms with van der Waals surface area (Å²) < 4.78 is 5.54. The van der Waals surface area contributed by atoms with Gasteiger partial charge in [0, 0.05) is 5.56 Å². The van der Waals surface area contributed by atoms with E-state index in [1.54, 1.807) is 7.11 Å². The molecule has 0 saturated carbocycles. The first-order valence-corrected chi connectivity index (χ1v) is 6.82. The molecule has 0 saturated heterocycles. The second kappa shape index (κ2) is 5.29. The summed E-state index contributed by atoms with van der Waals surface area (Å²) in [5, 5.41) is 11.1. The van der Waals surface area contributed by atoms with E-state index in [1.807, 2.05) is 64.1 Å². The summed E-state index contributed by atoms with van der Waals surface area (Å²) in [6.45, 7) is 7.90. The lowest BCUT2D eigenvalue weighted by Crippen LogP contribution is -2.25. The molecule has 2 nitrogen and oxygen atoms in total. The van der Waals surface area contributed by atoms with Crippen LogP contribution in [0.1, 0.15) is 34.7 Å². The smallest absolute Gasteiger partial charge is 0.128 e. The zero-order chi connectivity index (χ0) is 14.9. The molecule has 1 N–H and O–H groups in total. The van der Waals surface area contributed by atoms with Crippen LogP contribution in [0.5, 0.6) is 5.75 Å². The quantitative estimate of drug-likeness (QED) is 0.917. The van der Waals surface area contributed by atoms with Crippen molar-refractivity contribution in [2.45, 2.75) is 33.3 Å². The topological polar surface area (TPSA) is 29.5 Å². The molecular formula is C18H22O2. The van der Waals surface area contributed by atoms with E-state index in [4.69, 9.17) is 4.74 Å². The van der Waals surface area contributed by atoms with E-state index >= 15 is 0 Å². The predicted octanol–water partition coefficient (Wildman–Crippen LogP) is 3.88. The van der Waals surface area contributed by atoms with Gasteiger partial charge in [-0.15, -0.1) is 0 Å². The number of methoxy groups -OCH3 is 1. The molecule has 0 aliphatic heterocycles. The first kappa shape index (κ1) is 14.6. The van der Waals surface area contributed by atoms with Gasteiger partial charge in [0.25, 0.3) is 0 Å². The Kier molecular flexibility index (Phi) is 3.87. The van der Waals surface area contributed by atoms with Gasteiger partial charge in [-0.3, -0.25) is 0 Å². The number of aryl methyl sites for hydroxylation is 2. The van der Waals surface area contributed by atoms with Crippen LogP contribution in [0.3, 0.4) is 0 Å². The molecule has 20 heavy (non-hydrogen) atoms. The van der Waals surface area contributed by atoms with Crippen LogP contribution in [-0.4, -0.2) is 12.2 Å². The first-order valence-electron chi connectivity index (χ1n) is 6.82. The van der Waals surface area contributed by atoms with Gasteiger partial charge in [0.05, 0.1) is 7.11 Å². The Morgan fingerprint density at radius 2 is 1.55 bits per heavy atom. The van der Waals surface area contributed by atoms with Gasteiger partial charge in [0.15, 0.2) is 0 Å². The van der Waals surface area contributed by atoms with E-state index in [0.29, 0.717) is 0 Å². The van der Waals surface area contributed by atoms with Gasteiger partial charge in [0.1, 0.15) is 11.4 Å². The summed E-state index contributed by atoms with van der Waals surface area (Å²) in [5.41, 5.74) is 3.93. The van der Waals surface area contributed by atoms with Crippen molar-refractivity contribution in [3.63, 3.8) is 0 Å². The predicted molar refractivity (Wildman–Crippen MR) is 82.3 cm³/mol. The number of hydrogen-bond acceptors (Lipinski definition) is 2. The first-order chi connectivity index (χ1) is 9.39. The number of ether oxygens (including phenoxy) is 1. The molecule has 0 radical (unpaired) electrons. The third-order valence-corrected chi connectivity index (χ3v) is 4.07. The highest BCUT2D eigenvalue weighted by molar-refractivity contribution is 5.52. The molecular weight excluding hydrogens is 248 g/mol. The molecule has 2 aromatic rings. The van der Waals surface area contributed by atoms with E-state index in [-0.39, 0.29) is 0 Å². The Labute approximate surface area is 121 Å². The van der Waals surface area contributed by atoms with Crippen LogP contribution in [0.4, 0.5) is 0 Å². The Hall–Kier alpha value is -1.80. The Morgan fingerprint density at radius 3 is 2.15 bits per heavy atom. The van der Waals surface area contributed by atoms with Gasteiger partial charge in [-0.05, 0) is 49.9 Å². The highest BCUT2D eigenvalue weighted by Crippen LogP contribution is 2.39. The molecule has 0 aliphatic carbocycles. The van der Waals surface area contributed by atoms with Crippen LogP contribution in [0, 0.1) is 20.8 Å². The van der Waals surface area contributed by atoms with Crippen LogP contribution in [-0.2, 0) is 5.60 Å². The van der Waals surface area contributed by atoms with Gasteiger partial charge < -0.3 is 9.84 Å². The standard InChI is InChI=1S/C18H22O2/c1-12-10-11-16(17(20-5)14(12)3)18(4,19)15-9-7-6-8-13(15)2/h6-11,19H,1-5H3. The van der Waals surface area contributed by atoms with E-state index in [1.165, 1.54) is 0 Å². The summed E-state index contributed by atoms with van der Waals surface area (Å²) in [4.78, 5) is 0. The van der Waals surface area contributed by atoms with Crippen molar-refractivity contribution in [3.8, 4) is 5.75 Å². The molecule has 1 unspecified atom stereocenters. The average molecular weight is 270 g/mol. The second-order valence-corrected chi connectivity index (χ2v) is 5.48. The van der Waals surface area contributed by atoms with Gasteiger partial charge in [-0.2, -0.15) is 0 Å². The summed E-state index contributed by atoms with van der Waals surface area (Å²) in [6.07, 6.45) is 0. The fourth-order valence-electron chi connectivity index (χ4n) is 2.70. The molecule has 0 spiro atoms. The zero-order valence-electron chi connectivity index (χ0n) is 12.8. The summed E-state index contributed by atoms with van der Waals surface area (Å²) in [5.74, 6) is 0.762. The Bertz CT molecular complexity index is 627. The third kappa shape index (κ3) is 2.32. The van der Waals surface area contributed by atoms with E-state index in [9.17, 15) is 5.11 Å². The fraction of sp³-hybridized carbons (Fsp3) is 0.333. The van der Waals surface area contributed by atoms with Crippen molar-refractivity contribution in [3.05, 3.63) is 64.2 Å². The Balaban J connectivity index is 2.67. The lowest BCUT2D eigenvalue weighted by Gasteiger charge is -2.29. The molecule has 2 heteroatoms. The van der Waals surface area contributed by atoms with Crippen molar-refractivity contribution >= 4 is 0 Å². The molecule has 2 rings (SSSR count). The van der Waals surface area contributed by atoms with Crippen molar-refractivity contribution in [1.29, 1.82) is 0 Å². The van der Waals surface area contributed by atoms with E-state index in [2.05, 4.69) is 0 Å². The normalized spacial score (nSPS) is 13.9. The molecule has 0 bridgehead atoms. The van der Waals surface area contributed by atoms with Crippen LogP contribution >= 0.6 is 0 Å². The zero-order valence-corrected chi connectivity index (χ0v) is 12.8. The minimum absolute atomic E-state index is 0.762.